The van der Waals surface area contributed by atoms with Gasteiger partial charge in [0.15, 0.2) is 0 Å². The normalized spacial score (nSPS) is 12.7. The molecule has 2 nitrogen and oxygen atoms in total. The van der Waals surface area contributed by atoms with Crippen molar-refractivity contribution in [2.24, 2.45) is 5.92 Å². The molecular formula is C16H26BrNO. The van der Waals surface area contributed by atoms with Gasteiger partial charge in [-0.2, -0.15) is 0 Å². The Morgan fingerprint density at radius 3 is 2.37 bits per heavy atom. The maximum atomic E-state index is 5.28. The third kappa shape index (κ3) is 4.81. The predicted octanol–water partition coefficient (Wildman–Crippen LogP) is 4.41. The third-order valence-corrected chi connectivity index (χ3v) is 4.38. The second kappa shape index (κ2) is 8.60. The minimum absolute atomic E-state index is 0.556. The Morgan fingerprint density at radius 2 is 1.89 bits per heavy atom. The number of ether oxygens (including phenoxy) is 1. The summed E-state index contributed by atoms with van der Waals surface area (Å²) in [6.07, 6.45) is 3.53. The highest BCUT2D eigenvalue weighted by Gasteiger charge is 2.18. The Kier molecular flexibility index (Phi) is 7.47. The maximum Gasteiger partial charge on any atom is 0.133 e. The Balaban J connectivity index is 2.81. The molecule has 0 saturated carbocycles. The largest absolute Gasteiger partial charge is 0.496 e. The fourth-order valence-electron chi connectivity index (χ4n) is 2.62. The van der Waals surface area contributed by atoms with Gasteiger partial charge in [-0.05, 0) is 52.5 Å². The van der Waals surface area contributed by atoms with Crippen LogP contribution in [0.1, 0.15) is 39.2 Å². The van der Waals surface area contributed by atoms with E-state index in [1.54, 1.807) is 7.11 Å². The molecule has 0 aliphatic carbocycles. The lowest BCUT2D eigenvalue weighted by Gasteiger charge is -2.26. The van der Waals surface area contributed by atoms with Crippen LogP contribution in [0.15, 0.2) is 22.7 Å². The molecule has 0 spiro atoms. The Bertz CT molecular complexity index is 377. The van der Waals surface area contributed by atoms with Crippen LogP contribution in [0.5, 0.6) is 5.75 Å². The third-order valence-electron chi connectivity index (χ3n) is 3.76. The summed E-state index contributed by atoms with van der Waals surface area (Å²) in [6.45, 7) is 7.77. The zero-order valence-electron chi connectivity index (χ0n) is 12.5. The Hall–Kier alpha value is -0.540. The van der Waals surface area contributed by atoms with Gasteiger partial charge in [0.05, 0.1) is 11.6 Å². The lowest BCUT2D eigenvalue weighted by atomic mass is 9.89. The van der Waals surface area contributed by atoms with Gasteiger partial charge in [0.2, 0.25) is 0 Å². The number of benzene rings is 1. The van der Waals surface area contributed by atoms with E-state index in [1.165, 1.54) is 18.4 Å². The summed E-state index contributed by atoms with van der Waals surface area (Å²) >= 11 is 3.56. The van der Waals surface area contributed by atoms with Crippen molar-refractivity contribution < 1.29 is 4.74 Å². The van der Waals surface area contributed by atoms with E-state index >= 15 is 0 Å². The number of nitrogens with one attached hydrogen (secondary N) is 1. The summed E-state index contributed by atoms with van der Waals surface area (Å²) < 4.78 is 6.31. The van der Waals surface area contributed by atoms with Crippen LogP contribution in [0.3, 0.4) is 0 Å². The minimum Gasteiger partial charge on any atom is -0.496 e. The SMILES string of the molecule is CCNC(Cc1ccc(OC)c(Br)c1)C(CC)CC. The highest BCUT2D eigenvalue weighted by atomic mass is 79.9. The van der Waals surface area contributed by atoms with E-state index in [4.69, 9.17) is 4.74 Å². The van der Waals surface area contributed by atoms with Crippen molar-refractivity contribution in [3.05, 3.63) is 28.2 Å². The molecule has 0 bridgehead atoms. The topological polar surface area (TPSA) is 21.3 Å². The van der Waals surface area contributed by atoms with Crippen molar-refractivity contribution in [1.82, 2.24) is 5.32 Å². The second-order valence-corrected chi connectivity index (χ2v) is 5.77. The molecule has 0 aromatic heterocycles. The van der Waals surface area contributed by atoms with E-state index in [-0.39, 0.29) is 0 Å². The smallest absolute Gasteiger partial charge is 0.133 e. The fourth-order valence-corrected chi connectivity index (χ4v) is 3.20. The summed E-state index contributed by atoms with van der Waals surface area (Å²) in [6, 6.07) is 6.93. The summed E-state index contributed by atoms with van der Waals surface area (Å²) in [5.74, 6) is 1.63. The van der Waals surface area contributed by atoms with E-state index < -0.39 is 0 Å². The number of halogens is 1. The molecule has 0 fully saturated rings. The van der Waals surface area contributed by atoms with E-state index in [2.05, 4.69) is 54.2 Å². The first kappa shape index (κ1) is 16.5. The van der Waals surface area contributed by atoms with Gasteiger partial charge in [0, 0.05) is 6.04 Å². The van der Waals surface area contributed by atoms with Crippen molar-refractivity contribution in [1.29, 1.82) is 0 Å². The summed E-state index contributed by atoms with van der Waals surface area (Å²) in [4.78, 5) is 0. The van der Waals surface area contributed by atoms with E-state index in [1.807, 2.05) is 6.07 Å². The molecule has 1 aromatic rings. The zero-order chi connectivity index (χ0) is 14.3. The van der Waals surface area contributed by atoms with Gasteiger partial charge in [-0.1, -0.05) is 39.7 Å². The average molecular weight is 328 g/mol. The number of hydrogen-bond donors (Lipinski definition) is 1. The summed E-state index contributed by atoms with van der Waals surface area (Å²) in [5.41, 5.74) is 1.35. The monoisotopic (exact) mass is 327 g/mol. The maximum absolute atomic E-state index is 5.28. The van der Waals surface area contributed by atoms with Crippen LogP contribution in [0, 0.1) is 5.92 Å². The average Bonchev–Trinajstić information content (AvgIpc) is 2.40. The lowest BCUT2D eigenvalue weighted by Crippen LogP contribution is -2.37. The molecule has 1 N–H and O–H groups in total. The number of methoxy groups -OCH3 is 1. The van der Waals surface area contributed by atoms with Crippen molar-refractivity contribution in [2.45, 2.75) is 46.1 Å². The first-order chi connectivity index (χ1) is 9.15. The predicted molar refractivity (Wildman–Crippen MR) is 85.9 cm³/mol. The van der Waals surface area contributed by atoms with Gasteiger partial charge >= 0.3 is 0 Å². The van der Waals surface area contributed by atoms with Crippen LogP contribution in [0.25, 0.3) is 0 Å². The molecule has 19 heavy (non-hydrogen) atoms. The van der Waals surface area contributed by atoms with Crippen LogP contribution in [-0.4, -0.2) is 19.7 Å². The molecule has 108 valence electrons. The van der Waals surface area contributed by atoms with E-state index in [0.29, 0.717) is 6.04 Å². The van der Waals surface area contributed by atoms with Crippen molar-refractivity contribution in [3.63, 3.8) is 0 Å². The molecular weight excluding hydrogens is 302 g/mol. The standard InChI is InChI=1S/C16H26BrNO/c1-5-13(6-2)15(18-7-3)11-12-8-9-16(19-4)14(17)10-12/h8-10,13,15,18H,5-7,11H2,1-4H3. The highest BCUT2D eigenvalue weighted by molar-refractivity contribution is 9.10. The highest BCUT2D eigenvalue weighted by Crippen LogP contribution is 2.27. The molecule has 1 aromatic carbocycles. The molecule has 0 saturated heterocycles. The number of hydrogen-bond acceptors (Lipinski definition) is 2. The molecule has 1 atom stereocenters. The van der Waals surface area contributed by atoms with Gasteiger partial charge in [0.25, 0.3) is 0 Å². The molecule has 0 amide bonds. The van der Waals surface area contributed by atoms with Gasteiger partial charge in [-0.25, -0.2) is 0 Å². The lowest BCUT2D eigenvalue weighted by molar-refractivity contribution is 0.336. The quantitative estimate of drug-likeness (QED) is 0.763. The Labute approximate surface area is 126 Å². The van der Waals surface area contributed by atoms with Crippen LogP contribution in [0.4, 0.5) is 0 Å². The minimum atomic E-state index is 0.556. The molecule has 3 heteroatoms. The molecule has 0 aliphatic rings. The van der Waals surface area contributed by atoms with Crippen molar-refractivity contribution in [3.8, 4) is 5.75 Å². The van der Waals surface area contributed by atoms with Crippen LogP contribution < -0.4 is 10.1 Å². The van der Waals surface area contributed by atoms with Gasteiger partial charge in [-0.3, -0.25) is 0 Å². The van der Waals surface area contributed by atoms with Crippen molar-refractivity contribution >= 4 is 15.9 Å². The van der Waals surface area contributed by atoms with Crippen LogP contribution >= 0.6 is 15.9 Å². The van der Waals surface area contributed by atoms with Gasteiger partial charge < -0.3 is 10.1 Å². The fraction of sp³-hybridized carbons (Fsp3) is 0.625. The molecule has 0 heterocycles. The first-order valence-electron chi connectivity index (χ1n) is 7.21. The second-order valence-electron chi connectivity index (χ2n) is 4.91. The van der Waals surface area contributed by atoms with Crippen molar-refractivity contribution in [2.75, 3.05) is 13.7 Å². The van der Waals surface area contributed by atoms with Gasteiger partial charge in [-0.15, -0.1) is 0 Å². The van der Waals surface area contributed by atoms with Crippen LogP contribution in [0.2, 0.25) is 0 Å². The Morgan fingerprint density at radius 1 is 1.21 bits per heavy atom. The molecule has 1 rings (SSSR count). The summed E-state index contributed by atoms with van der Waals surface area (Å²) in [5, 5.41) is 3.63. The summed E-state index contributed by atoms with van der Waals surface area (Å²) in [7, 11) is 1.70. The molecule has 0 aliphatic heterocycles. The first-order valence-corrected chi connectivity index (χ1v) is 8.01. The molecule has 1 unspecified atom stereocenters. The van der Waals surface area contributed by atoms with Gasteiger partial charge in [0.1, 0.15) is 5.75 Å². The van der Waals surface area contributed by atoms with E-state index in [0.717, 1.165) is 29.1 Å². The number of likely N-dealkylation sites (N-methyl/N-ethyl adjacent to an activating group) is 1. The molecule has 0 radical (unpaired) electrons. The van der Waals surface area contributed by atoms with Crippen LogP contribution in [-0.2, 0) is 6.42 Å². The van der Waals surface area contributed by atoms with E-state index in [9.17, 15) is 0 Å². The number of rotatable bonds is 8. The zero-order valence-corrected chi connectivity index (χ0v) is 14.1.